The molecule has 0 radical (unpaired) electrons. The van der Waals surface area contributed by atoms with Gasteiger partial charge in [-0.2, -0.15) is 0 Å². The summed E-state index contributed by atoms with van der Waals surface area (Å²) < 4.78 is 11.7. The Balaban J connectivity index is 2.10. The fraction of sp³-hybridized carbons (Fsp3) is 0.200. The maximum atomic E-state index is 5.87. The zero-order chi connectivity index (χ0) is 13.1. The van der Waals surface area contributed by atoms with Gasteiger partial charge < -0.3 is 9.31 Å². The molecule has 2 nitrogen and oxygen atoms in total. The van der Waals surface area contributed by atoms with Gasteiger partial charge in [-0.15, -0.1) is 0 Å². The van der Waals surface area contributed by atoms with E-state index in [-0.39, 0.29) is 6.71 Å². The van der Waals surface area contributed by atoms with Gasteiger partial charge in [0.05, 0.1) is 13.2 Å². The minimum Gasteiger partial charge on any atom is -0.411 e. The molecular formula is C15H17BO2Si. The van der Waals surface area contributed by atoms with Crippen molar-refractivity contribution in [2.75, 3.05) is 13.2 Å². The monoisotopic (exact) mass is 268 g/mol. The van der Waals surface area contributed by atoms with Crippen LogP contribution in [0.25, 0.3) is 0 Å². The van der Waals surface area contributed by atoms with Crippen molar-refractivity contribution in [2.45, 2.75) is 6.55 Å². The third kappa shape index (κ3) is 2.27. The van der Waals surface area contributed by atoms with Gasteiger partial charge in [-0.25, -0.2) is 0 Å². The highest BCUT2D eigenvalue weighted by atomic mass is 28.3. The summed E-state index contributed by atoms with van der Waals surface area (Å²) in [6.07, 6.45) is 0. The maximum Gasteiger partial charge on any atom is 0.443 e. The van der Waals surface area contributed by atoms with Gasteiger partial charge in [0.25, 0.3) is 0 Å². The van der Waals surface area contributed by atoms with Crippen molar-refractivity contribution in [3.05, 3.63) is 60.7 Å². The van der Waals surface area contributed by atoms with Gasteiger partial charge in [0, 0.05) is 0 Å². The summed E-state index contributed by atoms with van der Waals surface area (Å²) in [6.45, 7) is 3.64. The van der Waals surface area contributed by atoms with Gasteiger partial charge in [-0.3, -0.25) is 0 Å². The summed E-state index contributed by atoms with van der Waals surface area (Å²) in [7, 11) is -2.01. The number of hydrogen-bond donors (Lipinski definition) is 0. The van der Waals surface area contributed by atoms with Crippen molar-refractivity contribution in [1.29, 1.82) is 0 Å². The number of benzene rings is 2. The van der Waals surface area contributed by atoms with Crippen molar-refractivity contribution >= 4 is 25.0 Å². The molecule has 96 valence electrons. The Labute approximate surface area is 115 Å². The minimum atomic E-state index is -2.01. The third-order valence-corrected chi connectivity index (χ3v) is 8.18. The zero-order valence-corrected chi connectivity index (χ0v) is 12.1. The van der Waals surface area contributed by atoms with Crippen LogP contribution in [0.2, 0.25) is 6.55 Å². The van der Waals surface area contributed by atoms with Crippen molar-refractivity contribution < 1.29 is 9.31 Å². The van der Waals surface area contributed by atoms with Crippen molar-refractivity contribution in [1.82, 2.24) is 0 Å². The van der Waals surface area contributed by atoms with Gasteiger partial charge in [0.15, 0.2) is 7.94 Å². The average molecular weight is 268 g/mol. The summed E-state index contributed by atoms with van der Waals surface area (Å²) in [5.74, 6) is 0. The van der Waals surface area contributed by atoms with E-state index in [9.17, 15) is 0 Å². The van der Waals surface area contributed by atoms with E-state index < -0.39 is 7.94 Å². The molecule has 0 saturated carbocycles. The first-order valence-corrected chi connectivity index (χ1v) is 9.24. The van der Waals surface area contributed by atoms with Crippen LogP contribution >= 0.6 is 0 Å². The van der Waals surface area contributed by atoms with Crippen LogP contribution < -0.4 is 10.4 Å². The molecule has 3 rings (SSSR count). The van der Waals surface area contributed by atoms with Crippen LogP contribution in [-0.4, -0.2) is 27.9 Å². The molecule has 0 aliphatic carbocycles. The minimum absolute atomic E-state index is 0.0858. The van der Waals surface area contributed by atoms with E-state index in [1.165, 1.54) is 10.4 Å². The summed E-state index contributed by atoms with van der Waals surface area (Å²) >= 11 is 0. The van der Waals surface area contributed by atoms with E-state index in [4.69, 9.17) is 9.31 Å². The Morgan fingerprint density at radius 3 is 1.63 bits per heavy atom. The Morgan fingerprint density at radius 1 is 0.789 bits per heavy atom. The van der Waals surface area contributed by atoms with Gasteiger partial charge in [-0.05, 0) is 0 Å². The highest BCUT2D eigenvalue weighted by Gasteiger charge is 2.49. The van der Waals surface area contributed by atoms with E-state index in [0.29, 0.717) is 13.2 Å². The predicted octanol–water partition coefficient (Wildman–Crippen LogP) is 1.49. The van der Waals surface area contributed by atoms with E-state index >= 15 is 0 Å². The third-order valence-electron chi connectivity index (χ3n) is 3.84. The lowest BCUT2D eigenvalue weighted by molar-refractivity contribution is 0.365. The summed E-state index contributed by atoms with van der Waals surface area (Å²) in [5.41, 5.74) is 0. The number of rotatable bonds is 3. The van der Waals surface area contributed by atoms with E-state index in [0.717, 1.165) is 0 Å². The number of hydrogen-bond acceptors (Lipinski definition) is 2. The van der Waals surface area contributed by atoms with Crippen LogP contribution in [0.1, 0.15) is 0 Å². The molecule has 0 unspecified atom stereocenters. The van der Waals surface area contributed by atoms with Crippen LogP contribution in [-0.2, 0) is 9.31 Å². The quantitative estimate of drug-likeness (QED) is 0.785. The molecule has 0 bridgehead atoms. The lowest BCUT2D eigenvalue weighted by Gasteiger charge is -2.29. The van der Waals surface area contributed by atoms with Crippen LogP contribution in [0.5, 0.6) is 0 Å². The molecule has 1 saturated heterocycles. The van der Waals surface area contributed by atoms with Crippen LogP contribution in [0.4, 0.5) is 0 Å². The van der Waals surface area contributed by atoms with Crippen LogP contribution in [0.3, 0.4) is 0 Å². The van der Waals surface area contributed by atoms with Gasteiger partial charge in [0.1, 0.15) is 0 Å². The normalized spacial score (nSPS) is 15.7. The Hall–Kier alpha value is -1.36. The van der Waals surface area contributed by atoms with Gasteiger partial charge >= 0.3 is 6.71 Å². The Bertz CT molecular complexity index is 487. The second kappa shape index (κ2) is 5.33. The molecule has 4 heteroatoms. The fourth-order valence-corrected chi connectivity index (χ4v) is 6.25. The molecule has 1 fully saturated rings. The summed E-state index contributed by atoms with van der Waals surface area (Å²) in [4.78, 5) is 0. The first-order valence-electron chi connectivity index (χ1n) is 6.66. The highest BCUT2D eigenvalue weighted by molar-refractivity contribution is 7.40. The fourth-order valence-electron chi connectivity index (χ4n) is 2.70. The van der Waals surface area contributed by atoms with E-state index in [2.05, 4.69) is 67.2 Å². The SMILES string of the molecule is C[Si](B1OCCO1)(c1ccccc1)c1ccccc1. The molecule has 0 N–H and O–H groups in total. The Morgan fingerprint density at radius 2 is 1.21 bits per heavy atom. The molecule has 2 aromatic carbocycles. The van der Waals surface area contributed by atoms with Crippen molar-refractivity contribution in [3.8, 4) is 0 Å². The molecule has 19 heavy (non-hydrogen) atoms. The molecule has 1 aliphatic heterocycles. The highest BCUT2D eigenvalue weighted by Crippen LogP contribution is 2.15. The topological polar surface area (TPSA) is 18.5 Å². The van der Waals surface area contributed by atoms with Crippen molar-refractivity contribution in [3.63, 3.8) is 0 Å². The van der Waals surface area contributed by atoms with E-state index in [1.807, 2.05) is 0 Å². The second-order valence-corrected chi connectivity index (χ2v) is 9.04. The molecular weight excluding hydrogens is 251 g/mol. The summed E-state index contributed by atoms with van der Waals surface area (Å²) in [6, 6.07) is 21.3. The molecule has 2 aromatic rings. The van der Waals surface area contributed by atoms with E-state index in [1.54, 1.807) is 0 Å². The standard InChI is InChI=1S/C15H17BO2Si/c1-19(16-17-12-13-18-16,14-8-4-2-5-9-14)15-10-6-3-7-11-15/h2-11H,12-13H2,1H3. The smallest absolute Gasteiger partial charge is 0.411 e. The maximum absolute atomic E-state index is 5.87. The molecule has 1 aliphatic rings. The lowest BCUT2D eigenvalue weighted by atomic mass is 10.3. The molecule has 0 atom stereocenters. The van der Waals surface area contributed by atoms with Crippen LogP contribution in [0.15, 0.2) is 60.7 Å². The molecule has 0 aromatic heterocycles. The largest absolute Gasteiger partial charge is 0.443 e. The molecule has 1 heterocycles. The predicted molar refractivity (Wildman–Crippen MR) is 81.4 cm³/mol. The first-order chi connectivity index (χ1) is 9.32. The average Bonchev–Trinajstić information content (AvgIpc) is 3.03. The lowest BCUT2D eigenvalue weighted by Crippen LogP contribution is -2.67. The van der Waals surface area contributed by atoms with Crippen molar-refractivity contribution in [2.24, 2.45) is 0 Å². The van der Waals surface area contributed by atoms with Crippen LogP contribution in [0, 0.1) is 0 Å². The molecule has 0 spiro atoms. The van der Waals surface area contributed by atoms with Gasteiger partial charge in [-0.1, -0.05) is 77.6 Å². The first kappa shape index (κ1) is 12.7. The Kier molecular flexibility index (Phi) is 3.55. The zero-order valence-electron chi connectivity index (χ0n) is 11.1. The van der Waals surface area contributed by atoms with Gasteiger partial charge in [0.2, 0.25) is 0 Å². The molecule has 0 amide bonds. The summed E-state index contributed by atoms with van der Waals surface area (Å²) in [5, 5.41) is 2.71. The second-order valence-electron chi connectivity index (χ2n) is 5.01.